The van der Waals surface area contributed by atoms with Crippen LogP contribution in [-0.2, 0) is 5.88 Å². The van der Waals surface area contributed by atoms with Gasteiger partial charge in [-0.25, -0.2) is 0 Å². The van der Waals surface area contributed by atoms with Crippen LogP contribution in [0.2, 0.25) is 5.02 Å². The number of benzene rings is 1. The summed E-state index contributed by atoms with van der Waals surface area (Å²) < 4.78 is 0.982. The van der Waals surface area contributed by atoms with Crippen LogP contribution in [-0.4, -0.2) is 5.11 Å². The third-order valence-corrected chi connectivity index (χ3v) is 3.61. The van der Waals surface area contributed by atoms with Gasteiger partial charge >= 0.3 is 0 Å². The number of alkyl halides is 1. The summed E-state index contributed by atoms with van der Waals surface area (Å²) in [5.74, 6) is 0.627. The van der Waals surface area contributed by atoms with Crippen molar-refractivity contribution < 1.29 is 5.11 Å². The molecule has 4 heteroatoms. The van der Waals surface area contributed by atoms with Crippen LogP contribution in [0.5, 0.6) is 5.75 Å². The van der Waals surface area contributed by atoms with E-state index in [0.717, 1.165) is 15.6 Å². The first kappa shape index (κ1) is 9.13. The number of rotatable bonds is 1. The van der Waals surface area contributed by atoms with E-state index < -0.39 is 0 Å². The zero-order valence-electron chi connectivity index (χ0n) is 6.55. The Labute approximate surface area is 89.5 Å². The second-order valence-corrected chi connectivity index (χ2v) is 4.25. The van der Waals surface area contributed by atoms with Gasteiger partial charge in [-0.15, -0.1) is 22.9 Å². The zero-order chi connectivity index (χ0) is 9.42. The number of halogens is 2. The second kappa shape index (κ2) is 3.37. The lowest BCUT2D eigenvalue weighted by Gasteiger charge is -1.97. The topological polar surface area (TPSA) is 20.2 Å². The molecule has 1 heterocycles. The molecule has 1 N–H and O–H groups in total. The minimum absolute atomic E-state index is 0.183. The molecular formula is C9H6Cl2OS. The fourth-order valence-corrected chi connectivity index (χ4v) is 2.85. The predicted molar refractivity (Wildman–Crippen MR) is 58.1 cm³/mol. The summed E-state index contributed by atoms with van der Waals surface area (Å²) in [5, 5.41) is 12.8. The Morgan fingerprint density at radius 2 is 2.15 bits per heavy atom. The maximum atomic E-state index is 9.33. The Morgan fingerprint density at radius 3 is 2.85 bits per heavy atom. The number of fused-ring (bicyclic) bond motifs is 1. The van der Waals surface area contributed by atoms with Gasteiger partial charge in [-0.1, -0.05) is 11.6 Å². The van der Waals surface area contributed by atoms with Crippen molar-refractivity contribution in [1.82, 2.24) is 0 Å². The monoisotopic (exact) mass is 232 g/mol. The van der Waals surface area contributed by atoms with Crippen LogP contribution < -0.4 is 0 Å². The summed E-state index contributed by atoms with van der Waals surface area (Å²) in [4.78, 5) is 0. The third-order valence-electron chi connectivity index (χ3n) is 1.84. The number of hydrogen-bond acceptors (Lipinski definition) is 2. The van der Waals surface area contributed by atoms with E-state index in [1.54, 1.807) is 23.5 Å². The van der Waals surface area contributed by atoms with Crippen molar-refractivity contribution in [2.75, 3.05) is 0 Å². The molecule has 2 aromatic rings. The molecule has 13 heavy (non-hydrogen) atoms. The van der Waals surface area contributed by atoms with E-state index >= 15 is 0 Å². The Hall–Kier alpha value is -0.440. The minimum atomic E-state index is 0.183. The van der Waals surface area contributed by atoms with E-state index in [9.17, 15) is 5.11 Å². The smallest absolute Gasteiger partial charge is 0.117 e. The summed E-state index contributed by atoms with van der Waals surface area (Å²) in [5.41, 5.74) is 1.01. The van der Waals surface area contributed by atoms with Crippen LogP contribution in [0.1, 0.15) is 5.56 Å². The summed E-state index contributed by atoms with van der Waals surface area (Å²) in [6.07, 6.45) is 0. The highest BCUT2D eigenvalue weighted by Crippen LogP contribution is 2.35. The average molecular weight is 233 g/mol. The highest BCUT2D eigenvalue weighted by Gasteiger charge is 2.07. The first-order chi connectivity index (χ1) is 6.22. The molecule has 1 nitrogen and oxygen atoms in total. The largest absolute Gasteiger partial charge is 0.508 e. The van der Waals surface area contributed by atoms with E-state index in [0.29, 0.717) is 10.9 Å². The third kappa shape index (κ3) is 1.50. The molecule has 0 fully saturated rings. The summed E-state index contributed by atoms with van der Waals surface area (Å²) in [6.45, 7) is 0. The fraction of sp³-hybridized carbons (Fsp3) is 0.111. The van der Waals surface area contributed by atoms with Crippen LogP contribution in [0.4, 0.5) is 0 Å². The first-order valence-electron chi connectivity index (χ1n) is 3.67. The van der Waals surface area contributed by atoms with Gasteiger partial charge in [-0.3, -0.25) is 0 Å². The number of phenolic OH excluding ortho intramolecular Hbond substituents is 1. The molecule has 1 aromatic heterocycles. The van der Waals surface area contributed by atoms with Crippen molar-refractivity contribution in [3.63, 3.8) is 0 Å². The zero-order valence-corrected chi connectivity index (χ0v) is 8.88. The molecule has 0 saturated carbocycles. The average Bonchev–Trinajstić information content (AvgIpc) is 2.47. The molecule has 0 aliphatic carbocycles. The lowest BCUT2D eigenvalue weighted by molar-refractivity contribution is 0.476. The van der Waals surface area contributed by atoms with Crippen LogP contribution in [0.3, 0.4) is 0 Å². The Kier molecular flexibility index (Phi) is 2.37. The molecule has 0 aliphatic heterocycles. The fourth-order valence-electron chi connectivity index (χ4n) is 1.23. The molecule has 0 radical (unpaired) electrons. The van der Waals surface area contributed by atoms with Gasteiger partial charge in [0.05, 0.1) is 9.72 Å². The number of hydrogen-bond donors (Lipinski definition) is 1. The summed E-state index contributed by atoms with van der Waals surface area (Å²) >= 11 is 13.2. The molecule has 0 bridgehead atoms. The van der Waals surface area contributed by atoms with Crippen LogP contribution >= 0.6 is 34.5 Å². The number of phenols is 1. The van der Waals surface area contributed by atoms with Crippen molar-refractivity contribution in [3.05, 3.63) is 28.1 Å². The maximum absolute atomic E-state index is 9.33. The van der Waals surface area contributed by atoms with Crippen molar-refractivity contribution in [2.24, 2.45) is 0 Å². The van der Waals surface area contributed by atoms with Gasteiger partial charge in [0, 0.05) is 11.3 Å². The Bertz CT molecular complexity index is 450. The van der Waals surface area contributed by atoms with Crippen LogP contribution in [0.15, 0.2) is 17.5 Å². The van der Waals surface area contributed by atoms with Gasteiger partial charge in [0.2, 0.25) is 0 Å². The molecule has 1 aromatic carbocycles. The highest BCUT2D eigenvalue weighted by molar-refractivity contribution is 7.18. The standard InChI is InChI=1S/C9H6Cl2OS/c10-3-5-4-13-9-7(5)1-6(12)2-8(9)11/h1-2,4,12H,3H2. The van der Waals surface area contributed by atoms with E-state index in [1.165, 1.54) is 0 Å². The quantitative estimate of drug-likeness (QED) is 0.738. The summed E-state index contributed by atoms with van der Waals surface area (Å²) in [7, 11) is 0. The van der Waals surface area contributed by atoms with E-state index in [1.807, 2.05) is 5.38 Å². The van der Waals surface area contributed by atoms with Gasteiger partial charge in [0.1, 0.15) is 5.75 Å². The van der Waals surface area contributed by atoms with Crippen molar-refractivity contribution in [3.8, 4) is 5.75 Å². The normalized spacial score (nSPS) is 10.9. The molecule has 0 saturated heterocycles. The Balaban J connectivity index is 2.82. The van der Waals surface area contributed by atoms with Gasteiger partial charge in [-0.2, -0.15) is 0 Å². The molecule has 0 atom stereocenters. The number of thiophene rings is 1. The lowest BCUT2D eigenvalue weighted by atomic mass is 10.2. The maximum Gasteiger partial charge on any atom is 0.117 e. The molecular weight excluding hydrogens is 227 g/mol. The molecule has 2 rings (SSSR count). The van der Waals surface area contributed by atoms with Crippen molar-refractivity contribution in [1.29, 1.82) is 0 Å². The van der Waals surface area contributed by atoms with E-state index in [2.05, 4.69) is 0 Å². The summed E-state index contributed by atoms with van der Waals surface area (Å²) in [6, 6.07) is 3.23. The molecule has 0 aliphatic rings. The van der Waals surface area contributed by atoms with E-state index in [-0.39, 0.29) is 5.75 Å². The highest BCUT2D eigenvalue weighted by atomic mass is 35.5. The SMILES string of the molecule is Oc1cc(Cl)c2scc(CCl)c2c1. The van der Waals surface area contributed by atoms with Gasteiger partial charge in [0.25, 0.3) is 0 Å². The lowest BCUT2D eigenvalue weighted by Crippen LogP contribution is -1.74. The molecule has 0 unspecified atom stereocenters. The van der Waals surface area contributed by atoms with E-state index in [4.69, 9.17) is 23.2 Å². The number of aromatic hydroxyl groups is 1. The first-order valence-corrected chi connectivity index (χ1v) is 5.46. The van der Waals surface area contributed by atoms with Gasteiger partial charge in [-0.05, 0) is 23.1 Å². The second-order valence-electron chi connectivity index (χ2n) is 2.70. The molecule has 0 spiro atoms. The predicted octanol–water partition coefficient (Wildman–Crippen LogP) is 4.00. The van der Waals surface area contributed by atoms with Crippen molar-refractivity contribution in [2.45, 2.75) is 5.88 Å². The van der Waals surface area contributed by atoms with Gasteiger partial charge in [0.15, 0.2) is 0 Å². The molecule has 0 amide bonds. The molecule has 68 valence electrons. The van der Waals surface area contributed by atoms with Crippen LogP contribution in [0.25, 0.3) is 10.1 Å². The van der Waals surface area contributed by atoms with Crippen molar-refractivity contribution >= 4 is 44.6 Å². The van der Waals surface area contributed by atoms with Gasteiger partial charge < -0.3 is 5.11 Å². The van der Waals surface area contributed by atoms with Crippen LogP contribution in [0, 0.1) is 0 Å². The Morgan fingerprint density at radius 1 is 1.38 bits per heavy atom. The minimum Gasteiger partial charge on any atom is -0.508 e.